The predicted octanol–water partition coefficient (Wildman–Crippen LogP) is 3.22. The van der Waals surface area contributed by atoms with Gasteiger partial charge in [-0.15, -0.1) is 0 Å². The minimum Gasteiger partial charge on any atom is -0.381 e. The molecular weight excluding hydrogens is 296 g/mol. The molecule has 0 aliphatic rings. The Labute approximate surface area is 133 Å². The number of fused-ring (bicyclic) bond motifs is 2. The smallest absolute Gasteiger partial charge is 0.261 e. The van der Waals surface area contributed by atoms with E-state index in [9.17, 15) is 4.79 Å². The Bertz CT molecular complexity index is 874. The summed E-state index contributed by atoms with van der Waals surface area (Å²) in [7, 11) is 1.77. The number of ether oxygens (including phenoxy) is 1. The molecule has 3 rings (SSSR count). The zero-order chi connectivity index (χ0) is 15.5. The van der Waals surface area contributed by atoms with Crippen LogP contribution in [-0.2, 0) is 11.8 Å². The number of rotatable bonds is 5. The summed E-state index contributed by atoms with van der Waals surface area (Å²) in [6.45, 7) is 3.34. The number of hydrogen-bond donors (Lipinski definition) is 0. The van der Waals surface area contributed by atoms with E-state index < -0.39 is 0 Å². The lowest BCUT2D eigenvalue weighted by Crippen LogP contribution is -2.20. The normalized spacial score (nSPS) is 11.4. The van der Waals surface area contributed by atoms with E-state index in [0.29, 0.717) is 18.6 Å². The van der Waals surface area contributed by atoms with Crippen molar-refractivity contribution in [3.05, 3.63) is 46.8 Å². The van der Waals surface area contributed by atoms with Crippen molar-refractivity contribution in [3.8, 4) is 0 Å². The van der Waals surface area contributed by atoms with Crippen LogP contribution in [-0.4, -0.2) is 28.5 Å². The van der Waals surface area contributed by atoms with Crippen LogP contribution in [0.25, 0.3) is 21.7 Å². The van der Waals surface area contributed by atoms with Gasteiger partial charge in [-0.3, -0.25) is 9.36 Å². The third-order valence-corrected chi connectivity index (χ3v) is 4.56. The van der Waals surface area contributed by atoms with Crippen LogP contribution in [0.15, 0.2) is 46.3 Å². The average Bonchev–Trinajstić information content (AvgIpc) is 2.54. The largest absolute Gasteiger partial charge is 0.381 e. The standard InChI is InChI=1S/C17H18N2O2S/c1-3-21-8-9-22-17-18-15-11-13-7-5-4-6-12(13)10-14(15)16(20)19(17)2/h4-7,10-11H,3,8-9H2,1-2H3. The number of thioether (sulfide) groups is 1. The lowest BCUT2D eigenvalue weighted by Gasteiger charge is -2.09. The van der Waals surface area contributed by atoms with E-state index in [2.05, 4.69) is 4.98 Å². The zero-order valence-corrected chi connectivity index (χ0v) is 13.5. The van der Waals surface area contributed by atoms with Crippen molar-refractivity contribution in [2.75, 3.05) is 19.0 Å². The monoisotopic (exact) mass is 314 g/mol. The Morgan fingerprint density at radius 3 is 2.68 bits per heavy atom. The average molecular weight is 314 g/mol. The fourth-order valence-electron chi connectivity index (χ4n) is 2.40. The molecule has 1 heterocycles. The van der Waals surface area contributed by atoms with Crippen LogP contribution in [0.4, 0.5) is 0 Å². The number of nitrogens with zero attached hydrogens (tertiary/aromatic N) is 2. The molecule has 0 amide bonds. The van der Waals surface area contributed by atoms with E-state index in [1.54, 1.807) is 23.4 Å². The zero-order valence-electron chi connectivity index (χ0n) is 12.7. The van der Waals surface area contributed by atoms with Gasteiger partial charge in [-0.05, 0) is 29.8 Å². The van der Waals surface area contributed by atoms with E-state index in [4.69, 9.17) is 4.74 Å². The molecule has 0 N–H and O–H groups in total. The second kappa shape index (κ2) is 6.50. The first kappa shape index (κ1) is 15.1. The quantitative estimate of drug-likeness (QED) is 0.314. The lowest BCUT2D eigenvalue weighted by molar-refractivity contribution is 0.164. The van der Waals surface area contributed by atoms with Gasteiger partial charge in [-0.1, -0.05) is 36.0 Å². The van der Waals surface area contributed by atoms with Crippen molar-refractivity contribution >= 4 is 33.4 Å². The van der Waals surface area contributed by atoms with Crippen molar-refractivity contribution in [2.24, 2.45) is 7.05 Å². The highest BCUT2D eigenvalue weighted by Gasteiger charge is 2.09. The van der Waals surface area contributed by atoms with Crippen LogP contribution in [0.3, 0.4) is 0 Å². The van der Waals surface area contributed by atoms with Crippen molar-refractivity contribution in [1.29, 1.82) is 0 Å². The van der Waals surface area contributed by atoms with Crippen LogP contribution >= 0.6 is 11.8 Å². The Kier molecular flexibility index (Phi) is 4.45. The maximum Gasteiger partial charge on any atom is 0.261 e. The van der Waals surface area contributed by atoms with Crippen molar-refractivity contribution in [3.63, 3.8) is 0 Å². The summed E-state index contributed by atoms with van der Waals surface area (Å²) in [5.74, 6) is 0.785. The fourth-order valence-corrected chi connectivity index (χ4v) is 3.23. The molecule has 0 spiro atoms. The third kappa shape index (κ3) is 2.87. The molecule has 0 aliphatic heterocycles. The molecule has 0 unspecified atom stereocenters. The minimum atomic E-state index is -0.00494. The molecule has 0 bridgehead atoms. The van der Waals surface area contributed by atoms with Crippen molar-refractivity contribution < 1.29 is 4.74 Å². The molecule has 0 saturated heterocycles. The summed E-state index contributed by atoms with van der Waals surface area (Å²) in [4.78, 5) is 17.2. The van der Waals surface area contributed by atoms with Gasteiger partial charge in [0, 0.05) is 19.4 Å². The molecule has 5 heteroatoms. The Morgan fingerprint density at radius 2 is 1.95 bits per heavy atom. The van der Waals surface area contributed by atoms with Crippen LogP contribution in [0.2, 0.25) is 0 Å². The van der Waals surface area contributed by atoms with Gasteiger partial charge in [-0.25, -0.2) is 4.98 Å². The molecule has 0 saturated carbocycles. The predicted molar refractivity (Wildman–Crippen MR) is 91.7 cm³/mol. The maximum absolute atomic E-state index is 12.6. The number of benzene rings is 2. The highest BCUT2D eigenvalue weighted by Crippen LogP contribution is 2.22. The topological polar surface area (TPSA) is 44.1 Å². The van der Waals surface area contributed by atoms with Gasteiger partial charge in [0.05, 0.1) is 17.5 Å². The van der Waals surface area contributed by atoms with Gasteiger partial charge in [0.2, 0.25) is 0 Å². The van der Waals surface area contributed by atoms with Crippen molar-refractivity contribution in [2.45, 2.75) is 12.1 Å². The molecule has 22 heavy (non-hydrogen) atoms. The summed E-state index contributed by atoms with van der Waals surface area (Å²) < 4.78 is 6.95. The number of hydrogen-bond acceptors (Lipinski definition) is 4. The molecule has 0 atom stereocenters. The van der Waals surface area contributed by atoms with Crippen LogP contribution < -0.4 is 5.56 Å². The van der Waals surface area contributed by atoms with Gasteiger partial charge in [0.25, 0.3) is 5.56 Å². The number of aromatic nitrogens is 2. The Hall–Kier alpha value is -1.85. The molecule has 0 fully saturated rings. The van der Waals surface area contributed by atoms with Gasteiger partial charge < -0.3 is 4.74 Å². The highest BCUT2D eigenvalue weighted by molar-refractivity contribution is 7.99. The van der Waals surface area contributed by atoms with Crippen LogP contribution in [0.1, 0.15) is 6.92 Å². The Balaban J connectivity index is 2.06. The summed E-state index contributed by atoms with van der Waals surface area (Å²) in [6.07, 6.45) is 0. The summed E-state index contributed by atoms with van der Waals surface area (Å²) in [5, 5.41) is 3.55. The van der Waals surface area contributed by atoms with Gasteiger partial charge in [-0.2, -0.15) is 0 Å². The highest BCUT2D eigenvalue weighted by atomic mass is 32.2. The summed E-state index contributed by atoms with van der Waals surface area (Å²) >= 11 is 1.55. The maximum atomic E-state index is 12.6. The molecule has 0 radical (unpaired) electrons. The minimum absolute atomic E-state index is 0.00494. The fraction of sp³-hybridized carbons (Fsp3) is 0.294. The first-order chi connectivity index (χ1) is 10.7. The molecular formula is C17H18N2O2S. The second-order valence-corrected chi connectivity index (χ2v) is 6.08. The van der Waals surface area contributed by atoms with Gasteiger partial charge in [0.15, 0.2) is 5.16 Å². The van der Waals surface area contributed by atoms with E-state index in [1.165, 1.54) is 0 Å². The lowest BCUT2D eigenvalue weighted by atomic mass is 10.1. The third-order valence-electron chi connectivity index (χ3n) is 3.57. The van der Waals surface area contributed by atoms with Crippen LogP contribution in [0.5, 0.6) is 0 Å². The first-order valence-electron chi connectivity index (χ1n) is 7.31. The van der Waals surface area contributed by atoms with E-state index in [-0.39, 0.29) is 5.56 Å². The SMILES string of the molecule is CCOCCSc1nc2cc3ccccc3cc2c(=O)n1C. The van der Waals surface area contributed by atoms with Crippen LogP contribution in [0, 0.1) is 0 Å². The molecule has 114 valence electrons. The molecule has 0 aliphatic carbocycles. The molecule has 1 aromatic heterocycles. The molecule has 4 nitrogen and oxygen atoms in total. The van der Waals surface area contributed by atoms with Gasteiger partial charge >= 0.3 is 0 Å². The van der Waals surface area contributed by atoms with Gasteiger partial charge in [0.1, 0.15) is 0 Å². The second-order valence-electron chi connectivity index (χ2n) is 5.02. The van der Waals surface area contributed by atoms with E-state index in [0.717, 1.165) is 27.2 Å². The summed E-state index contributed by atoms with van der Waals surface area (Å²) in [6, 6.07) is 11.9. The summed E-state index contributed by atoms with van der Waals surface area (Å²) in [5.41, 5.74) is 0.746. The first-order valence-corrected chi connectivity index (χ1v) is 8.29. The molecule has 2 aromatic carbocycles. The van der Waals surface area contributed by atoms with Crippen molar-refractivity contribution in [1.82, 2.24) is 9.55 Å². The molecule has 3 aromatic rings. The van der Waals surface area contributed by atoms with E-state index >= 15 is 0 Å². The Morgan fingerprint density at radius 1 is 1.23 bits per heavy atom. The van der Waals surface area contributed by atoms with E-state index in [1.807, 2.05) is 43.3 Å².